The van der Waals surface area contributed by atoms with Crippen molar-refractivity contribution in [1.82, 2.24) is 20.0 Å². The summed E-state index contributed by atoms with van der Waals surface area (Å²) in [5.74, 6) is 1.09. The molecule has 0 amide bonds. The Balaban J connectivity index is 1.54. The molecular weight excluding hydrogens is 376 g/mol. The Labute approximate surface area is 144 Å². The smallest absolute Gasteiger partial charge is 0.258 e. The molecule has 0 saturated carbocycles. The zero-order chi connectivity index (χ0) is 15.6. The Morgan fingerprint density at radius 3 is 2.61 bits per heavy atom. The number of rotatable bonds is 4. The monoisotopic (exact) mass is 386 g/mol. The molecule has 114 valence electrons. The average molecular weight is 387 g/mol. The van der Waals surface area contributed by atoms with Crippen molar-refractivity contribution in [2.24, 2.45) is 0 Å². The van der Waals surface area contributed by atoms with Gasteiger partial charge in [-0.15, -0.1) is 21.5 Å². The molecule has 0 N–H and O–H groups in total. The third kappa shape index (κ3) is 3.11. The Bertz CT molecular complexity index is 912. The Morgan fingerprint density at radius 1 is 1.09 bits per heavy atom. The molecule has 0 spiro atoms. The van der Waals surface area contributed by atoms with E-state index in [1.165, 1.54) is 0 Å². The topological polar surface area (TPSA) is 56.7 Å². The van der Waals surface area contributed by atoms with Crippen molar-refractivity contribution in [2.75, 3.05) is 0 Å². The molecule has 0 aliphatic rings. The molecule has 0 fully saturated rings. The molecule has 0 aliphatic heterocycles. The first kappa shape index (κ1) is 14.3. The van der Waals surface area contributed by atoms with Crippen LogP contribution in [0.15, 0.2) is 63.1 Å². The molecule has 0 aliphatic carbocycles. The molecule has 0 saturated heterocycles. The highest BCUT2D eigenvalue weighted by Gasteiger charge is 2.11. The van der Waals surface area contributed by atoms with Gasteiger partial charge < -0.3 is 4.42 Å². The van der Waals surface area contributed by atoms with Crippen LogP contribution in [0.4, 0.5) is 0 Å². The van der Waals surface area contributed by atoms with Gasteiger partial charge in [-0.1, -0.05) is 18.2 Å². The molecule has 5 nitrogen and oxygen atoms in total. The van der Waals surface area contributed by atoms with Gasteiger partial charge in [-0.25, -0.2) is 0 Å². The first-order valence-corrected chi connectivity index (χ1v) is 8.60. The van der Waals surface area contributed by atoms with Crippen LogP contribution < -0.4 is 0 Å². The van der Waals surface area contributed by atoms with Crippen LogP contribution in [-0.2, 0) is 6.54 Å². The fourth-order valence-corrected chi connectivity index (χ4v) is 3.18. The average Bonchev–Trinajstić information content (AvgIpc) is 3.28. The van der Waals surface area contributed by atoms with E-state index >= 15 is 0 Å². The largest absolute Gasteiger partial charge is 0.415 e. The maximum absolute atomic E-state index is 5.74. The number of halogens is 1. The molecule has 0 unspecified atom stereocenters. The molecule has 0 radical (unpaired) electrons. The second-order valence-electron chi connectivity index (χ2n) is 4.94. The van der Waals surface area contributed by atoms with Crippen LogP contribution >= 0.6 is 27.3 Å². The molecule has 7 heteroatoms. The molecule has 4 rings (SSSR count). The van der Waals surface area contributed by atoms with Gasteiger partial charge in [0.05, 0.1) is 22.1 Å². The molecule has 1 aromatic carbocycles. The maximum atomic E-state index is 5.74. The predicted molar refractivity (Wildman–Crippen MR) is 92.1 cm³/mol. The van der Waals surface area contributed by atoms with Crippen molar-refractivity contribution in [3.05, 3.63) is 64.2 Å². The van der Waals surface area contributed by atoms with Crippen LogP contribution in [0, 0.1) is 0 Å². The van der Waals surface area contributed by atoms with E-state index in [1.807, 2.05) is 52.7 Å². The van der Waals surface area contributed by atoms with Crippen molar-refractivity contribution < 1.29 is 4.42 Å². The highest BCUT2D eigenvalue weighted by molar-refractivity contribution is 9.10. The van der Waals surface area contributed by atoms with Gasteiger partial charge in [0.1, 0.15) is 0 Å². The van der Waals surface area contributed by atoms with E-state index in [0.29, 0.717) is 11.8 Å². The highest BCUT2D eigenvalue weighted by atomic mass is 79.9. The van der Waals surface area contributed by atoms with E-state index < -0.39 is 0 Å². The van der Waals surface area contributed by atoms with E-state index in [9.17, 15) is 0 Å². The van der Waals surface area contributed by atoms with Crippen LogP contribution in [-0.4, -0.2) is 20.0 Å². The van der Waals surface area contributed by atoms with Crippen LogP contribution in [0.2, 0.25) is 0 Å². The zero-order valence-corrected chi connectivity index (χ0v) is 14.3. The van der Waals surface area contributed by atoms with Gasteiger partial charge in [-0.05, 0) is 45.1 Å². The van der Waals surface area contributed by atoms with Gasteiger partial charge in [-0.2, -0.15) is 5.10 Å². The van der Waals surface area contributed by atoms with Crippen molar-refractivity contribution in [3.8, 4) is 22.2 Å². The third-order valence-electron chi connectivity index (χ3n) is 3.30. The van der Waals surface area contributed by atoms with Gasteiger partial charge in [0.2, 0.25) is 5.89 Å². The first-order chi connectivity index (χ1) is 11.3. The maximum Gasteiger partial charge on any atom is 0.258 e. The van der Waals surface area contributed by atoms with Crippen LogP contribution in [0.1, 0.15) is 5.56 Å². The van der Waals surface area contributed by atoms with Gasteiger partial charge in [0.25, 0.3) is 5.89 Å². The van der Waals surface area contributed by atoms with E-state index in [4.69, 9.17) is 4.42 Å². The number of nitrogens with zero attached hydrogens (tertiary/aromatic N) is 4. The quantitative estimate of drug-likeness (QED) is 0.518. The number of hydrogen-bond donors (Lipinski definition) is 0. The molecule has 3 aromatic heterocycles. The molecule has 4 aromatic rings. The van der Waals surface area contributed by atoms with Crippen LogP contribution in [0.25, 0.3) is 22.2 Å². The summed E-state index contributed by atoms with van der Waals surface area (Å²) >= 11 is 4.98. The Kier molecular flexibility index (Phi) is 3.80. The van der Waals surface area contributed by atoms with E-state index in [0.717, 1.165) is 27.0 Å². The third-order valence-corrected chi connectivity index (χ3v) is 4.57. The summed E-state index contributed by atoms with van der Waals surface area (Å²) in [6, 6.07) is 12.0. The summed E-state index contributed by atoms with van der Waals surface area (Å²) in [6.07, 6.45) is 3.72. The lowest BCUT2D eigenvalue weighted by molar-refractivity contribution is 0.586. The lowest BCUT2D eigenvalue weighted by atomic mass is 10.1. The predicted octanol–water partition coefficient (Wildman–Crippen LogP) is 4.47. The molecule has 0 bridgehead atoms. The number of benzene rings is 1. The fourth-order valence-electron chi connectivity index (χ4n) is 2.20. The fraction of sp³-hybridized carbons (Fsp3) is 0.0625. The second kappa shape index (κ2) is 6.10. The normalized spacial score (nSPS) is 11.0. The van der Waals surface area contributed by atoms with E-state index in [1.54, 1.807) is 17.5 Å². The molecular formula is C16H11BrN4OS. The van der Waals surface area contributed by atoms with Gasteiger partial charge in [0.15, 0.2) is 0 Å². The molecule has 23 heavy (non-hydrogen) atoms. The minimum Gasteiger partial charge on any atom is -0.415 e. The summed E-state index contributed by atoms with van der Waals surface area (Å²) < 4.78 is 8.59. The zero-order valence-electron chi connectivity index (χ0n) is 11.9. The standard InChI is InChI=1S/C16H11BrN4OS/c17-13-8-18-21(10-13)9-11-3-5-12(6-4-11)15-19-20-16(22-15)14-2-1-7-23-14/h1-8,10H,9H2. The van der Waals surface area contributed by atoms with Crippen molar-refractivity contribution >= 4 is 27.3 Å². The van der Waals surface area contributed by atoms with E-state index in [-0.39, 0.29) is 0 Å². The van der Waals surface area contributed by atoms with Crippen molar-refractivity contribution in [2.45, 2.75) is 6.54 Å². The summed E-state index contributed by atoms with van der Waals surface area (Å²) in [6.45, 7) is 0.718. The van der Waals surface area contributed by atoms with E-state index in [2.05, 4.69) is 31.2 Å². The summed E-state index contributed by atoms with van der Waals surface area (Å²) in [4.78, 5) is 0.977. The highest BCUT2D eigenvalue weighted by Crippen LogP contribution is 2.27. The summed E-state index contributed by atoms with van der Waals surface area (Å²) in [5.41, 5.74) is 2.06. The minimum atomic E-state index is 0.529. The summed E-state index contributed by atoms with van der Waals surface area (Å²) in [5, 5.41) is 14.5. The van der Waals surface area contributed by atoms with Crippen molar-refractivity contribution in [3.63, 3.8) is 0 Å². The van der Waals surface area contributed by atoms with Crippen molar-refractivity contribution in [1.29, 1.82) is 0 Å². The molecule has 0 atom stereocenters. The summed E-state index contributed by atoms with van der Waals surface area (Å²) in [7, 11) is 0. The minimum absolute atomic E-state index is 0.529. The first-order valence-electron chi connectivity index (χ1n) is 6.92. The van der Waals surface area contributed by atoms with Gasteiger partial charge in [-0.3, -0.25) is 4.68 Å². The van der Waals surface area contributed by atoms with Gasteiger partial charge >= 0.3 is 0 Å². The second-order valence-corrected chi connectivity index (χ2v) is 6.81. The van der Waals surface area contributed by atoms with Crippen LogP contribution in [0.3, 0.4) is 0 Å². The van der Waals surface area contributed by atoms with Gasteiger partial charge in [0, 0.05) is 11.8 Å². The molecule has 3 heterocycles. The van der Waals surface area contributed by atoms with Crippen LogP contribution in [0.5, 0.6) is 0 Å². The SMILES string of the molecule is Brc1cnn(Cc2ccc(-c3nnc(-c4cccs4)o3)cc2)c1. The Hall–Kier alpha value is -2.25. The number of thiophene rings is 1. The lowest BCUT2D eigenvalue weighted by Crippen LogP contribution is -1.99. The number of hydrogen-bond acceptors (Lipinski definition) is 5. The Morgan fingerprint density at radius 2 is 1.91 bits per heavy atom. The number of aromatic nitrogens is 4. The lowest BCUT2D eigenvalue weighted by Gasteiger charge is -2.02.